The maximum absolute atomic E-state index is 6.19. The Bertz CT molecular complexity index is 453. The Morgan fingerprint density at radius 1 is 1.44 bits per heavy atom. The minimum absolute atomic E-state index is 0.266. The molecule has 0 spiro atoms. The molecule has 2 aliphatic rings. The molecular formula is C13H17ClN2O2. The van der Waals surface area contributed by atoms with Gasteiger partial charge in [0.1, 0.15) is 0 Å². The van der Waals surface area contributed by atoms with Gasteiger partial charge < -0.3 is 14.8 Å². The average molecular weight is 269 g/mol. The molecule has 3 rings (SSSR count). The fourth-order valence-electron chi connectivity index (χ4n) is 2.46. The second-order valence-corrected chi connectivity index (χ2v) is 5.24. The van der Waals surface area contributed by atoms with E-state index in [1.54, 1.807) is 0 Å². The number of hydrogen-bond donors (Lipinski definition) is 1. The fourth-order valence-corrected chi connectivity index (χ4v) is 2.75. The van der Waals surface area contributed by atoms with Crippen LogP contribution in [0.2, 0.25) is 5.02 Å². The highest BCUT2D eigenvalue weighted by molar-refractivity contribution is 6.32. The van der Waals surface area contributed by atoms with Gasteiger partial charge in [0.15, 0.2) is 11.5 Å². The second-order valence-electron chi connectivity index (χ2n) is 4.84. The van der Waals surface area contributed by atoms with E-state index >= 15 is 0 Å². The van der Waals surface area contributed by atoms with Crippen LogP contribution < -0.4 is 14.8 Å². The number of nitrogens with one attached hydrogen (secondary N) is 1. The van der Waals surface area contributed by atoms with E-state index in [-0.39, 0.29) is 6.79 Å². The van der Waals surface area contributed by atoms with Crippen molar-refractivity contribution >= 4 is 11.6 Å². The monoisotopic (exact) mass is 268 g/mol. The summed E-state index contributed by atoms with van der Waals surface area (Å²) >= 11 is 6.19. The van der Waals surface area contributed by atoms with Gasteiger partial charge in [-0.05, 0) is 24.6 Å². The molecular weight excluding hydrogens is 252 g/mol. The number of hydrogen-bond acceptors (Lipinski definition) is 4. The highest BCUT2D eigenvalue weighted by Gasteiger charge is 2.21. The van der Waals surface area contributed by atoms with Crippen molar-refractivity contribution in [2.24, 2.45) is 0 Å². The van der Waals surface area contributed by atoms with E-state index < -0.39 is 0 Å². The molecule has 1 saturated heterocycles. The summed E-state index contributed by atoms with van der Waals surface area (Å²) in [5.41, 5.74) is 1.18. The zero-order valence-electron chi connectivity index (χ0n) is 10.4. The van der Waals surface area contributed by atoms with Gasteiger partial charge in [0, 0.05) is 32.2 Å². The Balaban J connectivity index is 1.78. The Kier molecular flexibility index (Phi) is 3.33. The Labute approximate surface area is 112 Å². The SMILES string of the molecule is C[C@H]1CNCCN1Cc1cc(Cl)c2c(c1)OCO2. The number of fused-ring (bicyclic) bond motifs is 1. The van der Waals surface area contributed by atoms with Gasteiger partial charge in [0.2, 0.25) is 6.79 Å². The van der Waals surface area contributed by atoms with Crippen LogP contribution in [0.25, 0.3) is 0 Å². The zero-order valence-corrected chi connectivity index (χ0v) is 11.2. The van der Waals surface area contributed by atoms with Gasteiger partial charge in [0.25, 0.3) is 0 Å². The van der Waals surface area contributed by atoms with Crippen molar-refractivity contribution in [3.8, 4) is 11.5 Å². The van der Waals surface area contributed by atoms with E-state index in [2.05, 4.69) is 17.1 Å². The van der Waals surface area contributed by atoms with Gasteiger partial charge in [-0.3, -0.25) is 4.90 Å². The Morgan fingerprint density at radius 2 is 2.33 bits per heavy atom. The van der Waals surface area contributed by atoms with E-state index in [0.717, 1.165) is 31.9 Å². The molecule has 1 aromatic carbocycles. The van der Waals surface area contributed by atoms with Crippen LogP contribution >= 0.6 is 11.6 Å². The summed E-state index contributed by atoms with van der Waals surface area (Å²) in [7, 11) is 0. The van der Waals surface area contributed by atoms with Crippen LogP contribution in [0.5, 0.6) is 11.5 Å². The third-order valence-corrected chi connectivity index (χ3v) is 3.79. The molecule has 0 amide bonds. The molecule has 0 aromatic heterocycles. The Hall–Kier alpha value is -0.970. The topological polar surface area (TPSA) is 33.7 Å². The van der Waals surface area contributed by atoms with E-state index in [0.29, 0.717) is 16.8 Å². The fraction of sp³-hybridized carbons (Fsp3) is 0.538. The normalized spacial score (nSPS) is 23.3. The third-order valence-electron chi connectivity index (χ3n) is 3.51. The van der Waals surface area contributed by atoms with Crippen LogP contribution in [-0.2, 0) is 6.54 Å². The van der Waals surface area contributed by atoms with E-state index in [9.17, 15) is 0 Å². The largest absolute Gasteiger partial charge is 0.454 e. The van der Waals surface area contributed by atoms with Crippen LogP contribution in [0.15, 0.2) is 12.1 Å². The lowest BCUT2D eigenvalue weighted by Gasteiger charge is -2.33. The number of rotatable bonds is 2. The lowest BCUT2D eigenvalue weighted by molar-refractivity contribution is 0.165. The van der Waals surface area contributed by atoms with Crippen molar-refractivity contribution in [2.75, 3.05) is 26.4 Å². The summed E-state index contributed by atoms with van der Waals surface area (Å²) in [4.78, 5) is 2.45. The summed E-state index contributed by atoms with van der Waals surface area (Å²) in [6, 6.07) is 4.55. The minimum atomic E-state index is 0.266. The molecule has 0 radical (unpaired) electrons. The summed E-state index contributed by atoms with van der Waals surface area (Å²) in [6.07, 6.45) is 0. The van der Waals surface area contributed by atoms with Gasteiger partial charge in [-0.15, -0.1) is 0 Å². The predicted octanol–water partition coefficient (Wildman–Crippen LogP) is 1.86. The third kappa shape index (κ3) is 2.28. The van der Waals surface area contributed by atoms with Gasteiger partial charge in [-0.2, -0.15) is 0 Å². The lowest BCUT2D eigenvalue weighted by Crippen LogP contribution is -2.49. The predicted molar refractivity (Wildman–Crippen MR) is 70.3 cm³/mol. The van der Waals surface area contributed by atoms with Crippen molar-refractivity contribution in [2.45, 2.75) is 19.5 Å². The number of benzene rings is 1. The van der Waals surface area contributed by atoms with E-state index in [1.807, 2.05) is 12.1 Å². The van der Waals surface area contributed by atoms with Crippen molar-refractivity contribution in [3.05, 3.63) is 22.7 Å². The summed E-state index contributed by atoms with van der Waals surface area (Å²) in [5, 5.41) is 4.03. The molecule has 1 N–H and O–H groups in total. The van der Waals surface area contributed by atoms with Crippen LogP contribution in [0, 0.1) is 0 Å². The maximum atomic E-state index is 6.19. The van der Waals surface area contributed by atoms with Crippen LogP contribution in [-0.4, -0.2) is 37.4 Å². The number of halogens is 1. The number of nitrogens with zero attached hydrogens (tertiary/aromatic N) is 1. The zero-order chi connectivity index (χ0) is 12.5. The number of piperazine rings is 1. The van der Waals surface area contributed by atoms with Crippen LogP contribution in [0.1, 0.15) is 12.5 Å². The Morgan fingerprint density at radius 3 is 3.17 bits per heavy atom. The molecule has 0 aliphatic carbocycles. The first-order chi connectivity index (χ1) is 8.74. The molecule has 1 fully saturated rings. The average Bonchev–Trinajstić information content (AvgIpc) is 2.81. The molecule has 18 heavy (non-hydrogen) atoms. The van der Waals surface area contributed by atoms with Gasteiger partial charge in [-0.25, -0.2) is 0 Å². The highest BCUT2D eigenvalue weighted by atomic mass is 35.5. The molecule has 4 nitrogen and oxygen atoms in total. The molecule has 0 saturated carbocycles. The van der Waals surface area contributed by atoms with Crippen molar-refractivity contribution in [1.29, 1.82) is 0 Å². The van der Waals surface area contributed by atoms with E-state index in [1.165, 1.54) is 5.56 Å². The lowest BCUT2D eigenvalue weighted by atomic mass is 10.1. The maximum Gasteiger partial charge on any atom is 0.231 e. The quantitative estimate of drug-likeness (QED) is 0.888. The van der Waals surface area contributed by atoms with Crippen molar-refractivity contribution < 1.29 is 9.47 Å². The van der Waals surface area contributed by atoms with Crippen LogP contribution in [0.4, 0.5) is 0 Å². The van der Waals surface area contributed by atoms with Crippen molar-refractivity contribution in [3.63, 3.8) is 0 Å². The molecule has 2 aliphatic heterocycles. The van der Waals surface area contributed by atoms with Crippen molar-refractivity contribution in [1.82, 2.24) is 10.2 Å². The smallest absolute Gasteiger partial charge is 0.231 e. The number of ether oxygens (including phenoxy) is 2. The summed E-state index contributed by atoms with van der Waals surface area (Å²) in [6.45, 7) is 6.55. The summed E-state index contributed by atoms with van der Waals surface area (Å²) in [5.74, 6) is 1.44. The van der Waals surface area contributed by atoms with Crippen LogP contribution in [0.3, 0.4) is 0 Å². The van der Waals surface area contributed by atoms with Gasteiger partial charge >= 0.3 is 0 Å². The molecule has 1 aromatic rings. The first-order valence-electron chi connectivity index (χ1n) is 6.27. The van der Waals surface area contributed by atoms with Gasteiger partial charge in [0.05, 0.1) is 5.02 Å². The first kappa shape index (κ1) is 12.1. The standard InChI is InChI=1S/C13H17ClN2O2/c1-9-6-15-2-3-16(9)7-10-4-11(14)13-12(5-10)17-8-18-13/h4-5,9,15H,2-3,6-8H2,1H3/t9-/m0/s1. The minimum Gasteiger partial charge on any atom is -0.454 e. The van der Waals surface area contributed by atoms with Gasteiger partial charge in [-0.1, -0.05) is 11.6 Å². The first-order valence-corrected chi connectivity index (χ1v) is 6.64. The molecule has 0 bridgehead atoms. The molecule has 0 unspecified atom stereocenters. The molecule has 98 valence electrons. The molecule has 2 heterocycles. The molecule has 5 heteroatoms. The highest BCUT2D eigenvalue weighted by Crippen LogP contribution is 2.40. The molecule has 1 atom stereocenters. The second kappa shape index (κ2) is 4.96. The van der Waals surface area contributed by atoms with E-state index in [4.69, 9.17) is 21.1 Å². The summed E-state index contributed by atoms with van der Waals surface area (Å²) < 4.78 is 10.7.